The highest BCUT2D eigenvalue weighted by Gasteiger charge is 2.28. The lowest BCUT2D eigenvalue weighted by molar-refractivity contribution is -0.141. The molecule has 1 heterocycles. The number of hydrogen-bond acceptors (Lipinski definition) is 2. The third kappa shape index (κ3) is 4.32. The Hall–Kier alpha value is -1.32. The molecule has 1 saturated carbocycles. The van der Waals surface area contributed by atoms with E-state index in [1.807, 2.05) is 9.80 Å². The molecule has 0 aromatic heterocycles. The highest BCUT2D eigenvalue weighted by Crippen LogP contribution is 2.30. The molecule has 4 nitrogen and oxygen atoms in total. The van der Waals surface area contributed by atoms with Gasteiger partial charge >= 0.3 is 0 Å². The number of carbonyl (C=O) groups excluding carboxylic acids is 2. The Bertz CT molecular complexity index is 380. The van der Waals surface area contributed by atoms with Crippen molar-refractivity contribution in [3.8, 4) is 0 Å². The van der Waals surface area contributed by atoms with Crippen molar-refractivity contribution in [3.05, 3.63) is 12.7 Å². The molecule has 0 aromatic carbocycles. The third-order valence-electron chi connectivity index (χ3n) is 4.85. The molecule has 1 aliphatic heterocycles. The van der Waals surface area contributed by atoms with Crippen LogP contribution >= 0.6 is 0 Å². The van der Waals surface area contributed by atoms with Crippen LogP contribution < -0.4 is 0 Å². The molecule has 2 amide bonds. The van der Waals surface area contributed by atoms with E-state index in [1.54, 1.807) is 6.08 Å². The van der Waals surface area contributed by atoms with Crippen LogP contribution in [-0.2, 0) is 9.59 Å². The van der Waals surface area contributed by atoms with E-state index in [1.165, 1.54) is 25.7 Å². The zero-order chi connectivity index (χ0) is 15.2. The Labute approximate surface area is 128 Å². The van der Waals surface area contributed by atoms with E-state index in [0.29, 0.717) is 32.6 Å². The fourth-order valence-corrected chi connectivity index (χ4v) is 3.59. The second-order valence-corrected chi connectivity index (χ2v) is 6.49. The average molecular weight is 292 g/mol. The summed E-state index contributed by atoms with van der Waals surface area (Å²) in [5.41, 5.74) is 0. The van der Waals surface area contributed by atoms with Crippen molar-refractivity contribution in [1.29, 1.82) is 0 Å². The number of rotatable bonds is 5. The van der Waals surface area contributed by atoms with Crippen molar-refractivity contribution >= 4 is 11.8 Å². The highest BCUT2D eigenvalue weighted by atomic mass is 16.2. The zero-order valence-corrected chi connectivity index (χ0v) is 13.2. The van der Waals surface area contributed by atoms with Gasteiger partial charge < -0.3 is 9.80 Å². The van der Waals surface area contributed by atoms with Gasteiger partial charge in [0.1, 0.15) is 0 Å². The van der Waals surface area contributed by atoms with Crippen molar-refractivity contribution in [2.45, 2.75) is 45.4 Å². The molecular weight excluding hydrogens is 264 g/mol. The summed E-state index contributed by atoms with van der Waals surface area (Å²) in [5.74, 6) is 1.27. The quantitative estimate of drug-likeness (QED) is 0.730. The summed E-state index contributed by atoms with van der Waals surface area (Å²) in [6, 6.07) is 0. The summed E-state index contributed by atoms with van der Waals surface area (Å²) in [4.78, 5) is 28.1. The largest absolute Gasteiger partial charge is 0.339 e. The molecule has 2 fully saturated rings. The van der Waals surface area contributed by atoms with E-state index in [4.69, 9.17) is 0 Å². The Kier molecular flexibility index (Phi) is 5.83. The molecule has 4 heteroatoms. The van der Waals surface area contributed by atoms with Gasteiger partial charge in [-0.2, -0.15) is 0 Å². The first-order chi connectivity index (χ1) is 10.1. The van der Waals surface area contributed by atoms with Crippen molar-refractivity contribution in [3.63, 3.8) is 0 Å². The number of piperazine rings is 1. The minimum atomic E-state index is 0.121. The van der Waals surface area contributed by atoms with Crippen LogP contribution in [0.4, 0.5) is 0 Å². The molecule has 0 unspecified atom stereocenters. The molecule has 2 rings (SSSR count). The maximum absolute atomic E-state index is 12.5. The molecule has 0 N–H and O–H groups in total. The summed E-state index contributed by atoms with van der Waals surface area (Å²) in [5, 5.41) is 0. The average Bonchev–Trinajstić information content (AvgIpc) is 3.00. The minimum absolute atomic E-state index is 0.121. The SMILES string of the molecule is C=CCC(=O)N1CCN(C(=O)[C@@H](C)CC2CCCC2)CC1. The summed E-state index contributed by atoms with van der Waals surface area (Å²) < 4.78 is 0. The number of hydrogen-bond donors (Lipinski definition) is 0. The summed E-state index contributed by atoms with van der Waals surface area (Å²) in [7, 11) is 0. The van der Waals surface area contributed by atoms with Gasteiger partial charge in [-0.1, -0.05) is 38.7 Å². The van der Waals surface area contributed by atoms with Gasteiger partial charge in [0.05, 0.1) is 0 Å². The Morgan fingerprint density at radius 3 is 2.29 bits per heavy atom. The molecule has 118 valence electrons. The van der Waals surface area contributed by atoms with E-state index in [9.17, 15) is 9.59 Å². The summed E-state index contributed by atoms with van der Waals surface area (Å²) >= 11 is 0. The van der Waals surface area contributed by atoms with Crippen LogP contribution in [0.2, 0.25) is 0 Å². The lowest BCUT2D eigenvalue weighted by Gasteiger charge is -2.36. The van der Waals surface area contributed by atoms with Gasteiger partial charge in [-0.15, -0.1) is 6.58 Å². The first kappa shape index (κ1) is 16.1. The molecule has 0 bridgehead atoms. The van der Waals surface area contributed by atoms with Crippen molar-refractivity contribution < 1.29 is 9.59 Å². The van der Waals surface area contributed by atoms with E-state index < -0.39 is 0 Å². The van der Waals surface area contributed by atoms with Crippen LogP contribution in [0.1, 0.15) is 45.4 Å². The van der Waals surface area contributed by atoms with Gasteiger partial charge in [0, 0.05) is 38.5 Å². The molecule has 1 saturated heterocycles. The van der Waals surface area contributed by atoms with E-state index >= 15 is 0 Å². The topological polar surface area (TPSA) is 40.6 Å². The molecule has 1 atom stereocenters. The lowest BCUT2D eigenvalue weighted by Crippen LogP contribution is -2.51. The smallest absolute Gasteiger partial charge is 0.226 e. The summed E-state index contributed by atoms with van der Waals surface area (Å²) in [6.07, 6.45) is 8.32. The number of amides is 2. The lowest BCUT2D eigenvalue weighted by atomic mass is 9.93. The minimum Gasteiger partial charge on any atom is -0.339 e. The molecule has 0 aromatic rings. The molecular formula is C17H28N2O2. The third-order valence-corrected chi connectivity index (χ3v) is 4.85. The van der Waals surface area contributed by atoms with Crippen LogP contribution in [-0.4, -0.2) is 47.8 Å². The van der Waals surface area contributed by atoms with Crippen molar-refractivity contribution in [1.82, 2.24) is 9.80 Å². The van der Waals surface area contributed by atoms with E-state index in [2.05, 4.69) is 13.5 Å². The van der Waals surface area contributed by atoms with Crippen LogP contribution in [0.3, 0.4) is 0 Å². The van der Waals surface area contributed by atoms with Crippen molar-refractivity contribution in [2.24, 2.45) is 11.8 Å². The fraction of sp³-hybridized carbons (Fsp3) is 0.765. The molecule has 1 aliphatic carbocycles. The first-order valence-corrected chi connectivity index (χ1v) is 8.29. The standard InChI is InChI=1S/C17H28N2O2/c1-3-6-16(20)18-9-11-19(12-10-18)17(21)14(2)13-15-7-4-5-8-15/h3,14-15H,1,4-13H2,2H3/t14-/m0/s1. The maximum atomic E-state index is 12.5. The second kappa shape index (κ2) is 7.62. The Balaban J connectivity index is 1.76. The van der Waals surface area contributed by atoms with Gasteiger partial charge in [-0.3, -0.25) is 9.59 Å². The van der Waals surface area contributed by atoms with E-state index in [0.717, 1.165) is 12.3 Å². The van der Waals surface area contributed by atoms with Crippen LogP contribution in [0.5, 0.6) is 0 Å². The predicted molar refractivity (Wildman–Crippen MR) is 83.7 cm³/mol. The van der Waals surface area contributed by atoms with Gasteiger partial charge in [0.25, 0.3) is 0 Å². The maximum Gasteiger partial charge on any atom is 0.226 e. The zero-order valence-electron chi connectivity index (χ0n) is 13.2. The molecule has 0 radical (unpaired) electrons. The number of carbonyl (C=O) groups is 2. The highest BCUT2D eigenvalue weighted by molar-refractivity contribution is 5.80. The van der Waals surface area contributed by atoms with Crippen LogP contribution in [0, 0.1) is 11.8 Å². The number of nitrogens with zero attached hydrogens (tertiary/aromatic N) is 2. The van der Waals surface area contributed by atoms with Crippen LogP contribution in [0.15, 0.2) is 12.7 Å². The van der Waals surface area contributed by atoms with Gasteiger partial charge in [0.2, 0.25) is 11.8 Å². The first-order valence-electron chi connectivity index (χ1n) is 8.29. The predicted octanol–water partition coefficient (Wildman–Crippen LogP) is 2.45. The van der Waals surface area contributed by atoms with Gasteiger partial charge in [-0.05, 0) is 12.3 Å². The van der Waals surface area contributed by atoms with E-state index in [-0.39, 0.29) is 17.7 Å². The second-order valence-electron chi connectivity index (χ2n) is 6.49. The fourth-order valence-electron chi connectivity index (χ4n) is 3.59. The Morgan fingerprint density at radius 2 is 1.71 bits per heavy atom. The molecule has 21 heavy (non-hydrogen) atoms. The monoisotopic (exact) mass is 292 g/mol. The van der Waals surface area contributed by atoms with Crippen molar-refractivity contribution in [2.75, 3.05) is 26.2 Å². The van der Waals surface area contributed by atoms with Gasteiger partial charge in [0.15, 0.2) is 0 Å². The van der Waals surface area contributed by atoms with Gasteiger partial charge in [-0.25, -0.2) is 0 Å². The summed E-state index contributed by atoms with van der Waals surface area (Å²) in [6.45, 7) is 8.34. The molecule has 0 spiro atoms. The molecule has 2 aliphatic rings. The van der Waals surface area contributed by atoms with Crippen LogP contribution in [0.25, 0.3) is 0 Å². The normalized spacial score (nSPS) is 21.4. The Morgan fingerprint density at radius 1 is 1.14 bits per heavy atom.